The van der Waals surface area contributed by atoms with Gasteiger partial charge >= 0.3 is 0 Å². The third-order valence-corrected chi connectivity index (χ3v) is 4.10. The second kappa shape index (κ2) is 6.28. The molecule has 0 bridgehead atoms. The van der Waals surface area contributed by atoms with Gasteiger partial charge in [-0.1, -0.05) is 29.3 Å². The number of benzene rings is 1. The fourth-order valence-electron chi connectivity index (χ4n) is 1.67. The smallest absolute Gasteiger partial charge is 0.128 e. The zero-order valence-corrected chi connectivity index (χ0v) is 12.2. The van der Waals surface area contributed by atoms with Crippen LogP contribution < -0.4 is 11.5 Å². The topological polar surface area (TPSA) is 64.9 Å². The molecule has 2 rings (SSSR count). The van der Waals surface area contributed by atoms with E-state index in [0.717, 1.165) is 11.3 Å². The van der Waals surface area contributed by atoms with E-state index in [1.54, 1.807) is 17.8 Å². The number of hydrogen-bond acceptors (Lipinski definition) is 4. The van der Waals surface area contributed by atoms with E-state index < -0.39 is 0 Å². The molecule has 0 saturated heterocycles. The molecule has 0 aliphatic rings. The first-order valence-electron chi connectivity index (χ1n) is 5.92. The van der Waals surface area contributed by atoms with E-state index in [2.05, 4.69) is 36.2 Å². The lowest BCUT2D eigenvalue weighted by atomic mass is 10.1. The molecule has 1 heterocycles. The lowest BCUT2D eigenvalue weighted by molar-refractivity contribution is 0.828. The molecular weight excluding hydrogens is 278 g/mol. The summed E-state index contributed by atoms with van der Waals surface area (Å²) in [5, 5.41) is 0.556. The Morgan fingerprint density at radius 1 is 1.32 bits per heavy atom. The molecule has 19 heavy (non-hydrogen) atoms. The minimum Gasteiger partial charge on any atom is -0.383 e. The largest absolute Gasteiger partial charge is 0.383 e. The summed E-state index contributed by atoms with van der Waals surface area (Å²) in [6.07, 6.45) is 1.53. The van der Waals surface area contributed by atoms with Crippen LogP contribution in [0.15, 0.2) is 41.4 Å². The number of hydrogen-bond donors (Lipinski definition) is 2. The van der Waals surface area contributed by atoms with Crippen LogP contribution in [0.25, 0.3) is 0 Å². The van der Waals surface area contributed by atoms with Crippen LogP contribution in [0.5, 0.6) is 0 Å². The molecule has 1 unspecified atom stereocenters. The molecule has 3 nitrogen and oxygen atoms in total. The van der Waals surface area contributed by atoms with Crippen LogP contribution in [0.1, 0.15) is 17.2 Å². The Balaban J connectivity index is 2.03. The van der Waals surface area contributed by atoms with E-state index in [4.69, 9.17) is 23.1 Å². The van der Waals surface area contributed by atoms with E-state index in [1.165, 1.54) is 16.7 Å². The van der Waals surface area contributed by atoms with Crippen molar-refractivity contribution < 1.29 is 0 Å². The Hall–Kier alpha value is -1.23. The molecule has 100 valence electrons. The monoisotopic (exact) mass is 293 g/mol. The summed E-state index contributed by atoms with van der Waals surface area (Å²) in [5.41, 5.74) is 14.0. The van der Waals surface area contributed by atoms with E-state index in [0.29, 0.717) is 10.8 Å². The van der Waals surface area contributed by atoms with Gasteiger partial charge in [-0.2, -0.15) is 0 Å². The average molecular weight is 294 g/mol. The molecule has 0 spiro atoms. The van der Waals surface area contributed by atoms with Gasteiger partial charge in [0.1, 0.15) is 5.82 Å². The predicted molar refractivity (Wildman–Crippen MR) is 82.5 cm³/mol. The van der Waals surface area contributed by atoms with E-state index in [-0.39, 0.29) is 6.04 Å². The van der Waals surface area contributed by atoms with Crippen molar-refractivity contribution in [1.82, 2.24) is 4.98 Å². The summed E-state index contributed by atoms with van der Waals surface area (Å²) in [6.45, 7) is 2.07. The number of nitrogen functional groups attached to an aromatic ring is 1. The van der Waals surface area contributed by atoms with Crippen molar-refractivity contribution in [2.45, 2.75) is 17.9 Å². The van der Waals surface area contributed by atoms with Gasteiger partial charge in [0.2, 0.25) is 0 Å². The van der Waals surface area contributed by atoms with E-state index >= 15 is 0 Å². The zero-order valence-electron chi connectivity index (χ0n) is 10.6. The van der Waals surface area contributed by atoms with Gasteiger partial charge in [0, 0.05) is 28.5 Å². The van der Waals surface area contributed by atoms with Crippen LogP contribution in [-0.4, -0.2) is 10.7 Å². The Bertz CT molecular complexity index is 557. The second-order valence-electron chi connectivity index (χ2n) is 4.36. The van der Waals surface area contributed by atoms with Gasteiger partial charge in [-0.3, -0.25) is 0 Å². The van der Waals surface area contributed by atoms with Crippen LogP contribution in [0, 0.1) is 6.92 Å². The van der Waals surface area contributed by atoms with E-state index in [9.17, 15) is 0 Å². The number of rotatable bonds is 4. The fourth-order valence-corrected chi connectivity index (χ4v) is 2.72. The van der Waals surface area contributed by atoms with Gasteiger partial charge in [-0.15, -0.1) is 11.8 Å². The molecule has 0 amide bonds. The molecule has 0 aliphatic heterocycles. The molecule has 1 atom stereocenters. The van der Waals surface area contributed by atoms with Gasteiger partial charge < -0.3 is 11.5 Å². The first-order chi connectivity index (χ1) is 9.06. The summed E-state index contributed by atoms with van der Waals surface area (Å²) in [5.74, 6) is 1.18. The maximum atomic E-state index is 6.14. The summed E-state index contributed by atoms with van der Waals surface area (Å²) < 4.78 is 0. The molecule has 0 saturated carbocycles. The molecule has 1 aromatic carbocycles. The van der Waals surface area contributed by atoms with Gasteiger partial charge in [0.25, 0.3) is 0 Å². The molecule has 1 aromatic heterocycles. The van der Waals surface area contributed by atoms with Gasteiger partial charge in [0.05, 0.1) is 5.02 Å². The fraction of sp³-hybridized carbons (Fsp3) is 0.214. The molecule has 5 heteroatoms. The SMILES string of the molecule is Cc1ccc(SCC(N)c2cc(Cl)cnc2N)cc1. The van der Waals surface area contributed by atoms with Crippen molar-refractivity contribution in [3.8, 4) is 0 Å². The average Bonchev–Trinajstić information content (AvgIpc) is 2.40. The lowest BCUT2D eigenvalue weighted by Gasteiger charge is -2.13. The highest BCUT2D eigenvalue weighted by Crippen LogP contribution is 2.27. The number of pyridine rings is 1. The molecular formula is C14H16ClN3S. The molecule has 2 aromatic rings. The summed E-state index contributed by atoms with van der Waals surface area (Å²) >= 11 is 7.61. The van der Waals surface area contributed by atoms with Crippen LogP contribution in [0.2, 0.25) is 5.02 Å². The minimum absolute atomic E-state index is 0.183. The van der Waals surface area contributed by atoms with Crippen molar-refractivity contribution >= 4 is 29.2 Å². The third-order valence-electron chi connectivity index (χ3n) is 2.77. The van der Waals surface area contributed by atoms with Crippen molar-refractivity contribution in [2.24, 2.45) is 5.73 Å². The van der Waals surface area contributed by atoms with E-state index in [1.807, 2.05) is 0 Å². The van der Waals surface area contributed by atoms with Crippen molar-refractivity contribution in [3.63, 3.8) is 0 Å². The zero-order chi connectivity index (χ0) is 13.8. The highest BCUT2D eigenvalue weighted by atomic mass is 35.5. The van der Waals surface area contributed by atoms with Crippen molar-refractivity contribution in [3.05, 3.63) is 52.7 Å². The molecule has 4 N–H and O–H groups in total. The number of halogens is 1. The van der Waals surface area contributed by atoms with Crippen LogP contribution in [-0.2, 0) is 0 Å². The maximum absolute atomic E-state index is 6.14. The Labute approximate surface area is 122 Å². The number of nitrogens with zero attached hydrogens (tertiary/aromatic N) is 1. The van der Waals surface area contributed by atoms with Gasteiger partial charge in [-0.05, 0) is 25.1 Å². The first kappa shape index (κ1) is 14.2. The quantitative estimate of drug-likeness (QED) is 0.848. The van der Waals surface area contributed by atoms with Crippen LogP contribution in [0.4, 0.5) is 5.82 Å². The number of anilines is 1. The summed E-state index contributed by atoms with van der Waals surface area (Å²) in [7, 11) is 0. The predicted octanol–water partition coefficient (Wildman–Crippen LogP) is 3.42. The van der Waals surface area contributed by atoms with Crippen molar-refractivity contribution in [1.29, 1.82) is 0 Å². The van der Waals surface area contributed by atoms with Crippen LogP contribution in [0.3, 0.4) is 0 Å². The normalized spacial score (nSPS) is 12.4. The van der Waals surface area contributed by atoms with Crippen molar-refractivity contribution in [2.75, 3.05) is 11.5 Å². The lowest BCUT2D eigenvalue weighted by Crippen LogP contribution is -2.15. The highest BCUT2D eigenvalue weighted by Gasteiger charge is 2.11. The Kier molecular flexibility index (Phi) is 4.69. The summed E-state index contributed by atoms with van der Waals surface area (Å²) in [4.78, 5) is 5.21. The van der Waals surface area contributed by atoms with Crippen LogP contribution >= 0.6 is 23.4 Å². The maximum Gasteiger partial charge on any atom is 0.128 e. The minimum atomic E-state index is -0.183. The first-order valence-corrected chi connectivity index (χ1v) is 7.28. The standard InChI is InChI=1S/C14H16ClN3S/c1-9-2-4-11(5-3-9)19-8-13(16)12-6-10(15)7-18-14(12)17/h2-7,13H,8,16H2,1H3,(H2,17,18). The van der Waals surface area contributed by atoms with Gasteiger partial charge in [-0.25, -0.2) is 4.98 Å². The molecule has 0 fully saturated rings. The Morgan fingerprint density at radius 2 is 2.00 bits per heavy atom. The second-order valence-corrected chi connectivity index (χ2v) is 5.89. The number of nitrogens with two attached hydrogens (primary N) is 2. The Morgan fingerprint density at radius 3 is 2.68 bits per heavy atom. The molecule has 0 aliphatic carbocycles. The molecule has 0 radical (unpaired) electrons. The number of aromatic nitrogens is 1. The number of aryl methyl sites for hydroxylation is 1. The number of thioether (sulfide) groups is 1. The van der Waals surface area contributed by atoms with Gasteiger partial charge in [0.15, 0.2) is 0 Å². The third kappa shape index (κ3) is 3.86. The highest BCUT2D eigenvalue weighted by molar-refractivity contribution is 7.99. The summed E-state index contributed by atoms with van der Waals surface area (Å²) in [6, 6.07) is 9.95.